The highest BCUT2D eigenvalue weighted by molar-refractivity contribution is 5.80. The van der Waals surface area contributed by atoms with Crippen molar-refractivity contribution < 1.29 is 4.79 Å². The van der Waals surface area contributed by atoms with E-state index in [1.165, 1.54) is 12.8 Å². The van der Waals surface area contributed by atoms with Crippen LogP contribution in [-0.4, -0.2) is 41.9 Å². The summed E-state index contributed by atoms with van der Waals surface area (Å²) in [4.78, 5) is 17.9. The first-order valence-corrected chi connectivity index (χ1v) is 6.84. The molecule has 3 N–H and O–H groups in total. The van der Waals surface area contributed by atoms with Crippen LogP contribution in [0, 0.1) is 5.92 Å². The van der Waals surface area contributed by atoms with Gasteiger partial charge in [0, 0.05) is 19.5 Å². The van der Waals surface area contributed by atoms with Crippen molar-refractivity contribution in [2.75, 3.05) is 19.6 Å². The van der Waals surface area contributed by atoms with Crippen LogP contribution in [-0.2, 0) is 4.79 Å². The first kappa shape index (κ1) is 13.2. The minimum atomic E-state index is -0.205. The number of amides is 1. The van der Waals surface area contributed by atoms with E-state index in [4.69, 9.17) is 5.73 Å². The molecule has 0 aromatic carbocycles. The number of nitrogens with one attached hydrogen (secondary N) is 1. The van der Waals surface area contributed by atoms with E-state index < -0.39 is 0 Å². The predicted molar refractivity (Wildman–Crippen MR) is 72.2 cm³/mol. The summed E-state index contributed by atoms with van der Waals surface area (Å²) in [6, 6.07) is 0. The number of likely N-dealkylation sites (tertiary alicyclic amines) is 1. The van der Waals surface area contributed by atoms with Crippen molar-refractivity contribution in [1.82, 2.24) is 10.2 Å². The molecular formula is C13H24N4O. The average molecular weight is 252 g/mol. The van der Waals surface area contributed by atoms with E-state index in [1.807, 2.05) is 6.92 Å². The van der Waals surface area contributed by atoms with Gasteiger partial charge in [0.05, 0.1) is 12.1 Å². The molecule has 18 heavy (non-hydrogen) atoms. The van der Waals surface area contributed by atoms with Gasteiger partial charge in [-0.1, -0.05) is 6.92 Å². The largest absolute Gasteiger partial charge is 0.370 e. The van der Waals surface area contributed by atoms with E-state index in [1.54, 1.807) is 0 Å². The Hall–Kier alpha value is -1.26. The highest BCUT2D eigenvalue weighted by Crippen LogP contribution is 2.20. The van der Waals surface area contributed by atoms with Gasteiger partial charge < -0.3 is 16.0 Å². The second-order valence-electron chi connectivity index (χ2n) is 5.98. The normalized spacial score (nSPS) is 33.7. The predicted octanol–water partition coefficient (Wildman–Crippen LogP) is 0.702. The van der Waals surface area contributed by atoms with Crippen LogP contribution in [0.4, 0.5) is 0 Å². The van der Waals surface area contributed by atoms with E-state index >= 15 is 0 Å². The molecule has 2 aliphatic rings. The summed E-state index contributed by atoms with van der Waals surface area (Å²) in [5, 5.41) is 2.98. The Bertz CT molecular complexity index is 355. The van der Waals surface area contributed by atoms with Gasteiger partial charge in [0.2, 0.25) is 5.91 Å². The lowest BCUT2D eigenvalue weighted by molar-refractivity contribution is -0.119. The number of guanidine groups is 1. The Balaban J connectivity index is 1.90. The molecule has 5 heteroatoms. The van der Waals surface area contributed by atoms with Crippen molar-refractivity contribution in [1.29, 1.82) is 0 Å². The Kier molecular flexibility index (Phi) is 3.78. The van der Waals surface area contributed by atoms with E-state index in [0.29, 0.717) is 24.8 Å². The van der Waals surface area contributed by atoms with E-state index in [2.05, 4.69) is 22.1 Å². The summed E-state index contributed by atoms with van der Waals surface area (Å²) in [5.41, 5.74) is 5.84. The maximum absolute atomic E-state index is 11.2. The van der Waals surface area contributed by atoms with Gasteiger partial charge in [-0.3, -0.25) is 9.79 Å². The van der Waals surface area contributed by atoms with Crippen molar-refractivity contribution in [2.24, 2.45) is 16.6 Å². The molecule has 0 aromatic rings. The molecule has 2 unspecified atom stereocenters. The molecule has 2 saturated heterocycles. The molecule has 0 aliphatic carbocycles. The molecule has 102 valence electrons. The highest BCUT2D eigenvalue weighted by Gasteiger charge is 2.32. The number of aliphatic imine (C=N–C) groups is 1. The molecule has 0 spiro atoms. The molecule has 0 bridgehead atoms. The number of piperidine rings is 1. The summed E-state index contributed by atoms with van der Waals surface area (Å²) in [6.45, 7) is 6.86. The maximum atomic E-state index is 11.2. The summed E-state index contributed by atoms with van der Waals surface area (Å²) in [6.07, 6.45) is 3.91. The third-order valence-corrected chi connectivity index (χ3v) is 3.92. The fourth-order valence-electron chi connectivity index (χ4n) is 2.72. The monoisotopic (exact) mass is 252 g/mol. The first-order valence-electron chi connectivity index (χ1n) is 6.84. The molecule has 1 amide bonds. The van der Waals surface area contributed by atoms with Crippen molar-refractivity contribution in [3.63, 3.8) is 0 Å². The maximum Gasteiger partial charge on any atom is 0.220 e. The SMILES string of the molecule is CC1CCCN(C(N)=NCC2(C)CCC(=O)N2)C1. The number of rotatable bonds is 2. The Morgan fingerprint density at radius 2 is 2.44 bits per heavy atom. The van der Waals surface area contributed by atoms with E-state index in [0.717, 1.165) is 19.5 Å². The van der Waals surface area contributed by atoms with E-state index in [9.17, 15) is 4.79 Å². The van der Waals surface area contributed by atoms with Crippen LogP contribution in [0.2, 0.25) is 0 Å². The summed E-state index contributed by atoms with van der Waals surface area (Å²) < 4.78 is 0. The molecular weight excluding hydrogens is 228 g/mol. The van der Waals surface area contributed by atoms with Crippen LogP contribution in [0.25, 0.3) is 0 Å². The average Bonchev–Trinajstić information content (AvgIpc) is 2.67. The molecule has 2 heterocycles. The first-order chi connectivity index (χ1) is 8.48. The second-order valence-corrected chi connectivity index (χ2v) is 5.98. The van der Waals surface area contributed by atoms with Crippen molar-refractivity contribution in [3.05, 3.63) is 0 Å². The summed E-state index contributed by atoms with van der Waals surface area (Å²) >= 11 is 0. The topological polar surface area (TPSA) is 70.7 Å². The van der Waals surface area contributed by atoms with Gasteiger partial charge in [0.15, 0.2) is 5.96 Å². The zero-order chi connectivity index (χ0) is 13.2. The summed E-state index contributed by atoms with van der Waals surface area (Å²) in [5.74, 6) is 1.44. The van der Waals surface area contributed by atoms with Gasteiger partial charge in [-0.2, -0.15) is 0 Å². The van der Waals surface area contributed by atoms with Crippen LogP contribution >= 0.6 is 0 Å². The number of nitrogens with two attached hydrogens (primary N) is 1. The number of carbonyl (C=O) groups is 1. The van der Waals surface area contributed by atoms with Crippen LogP contribution < -0.4 is 11.1 Å². The lowest BCUT2D eigenvalue weighted by Crippen LogP contribution is -2.46. The van der Waals surface area contributed by atoms with Gasteiger partial charge >= 0.3 is 0 Å². The molecule has 2 aliphatic heterocycles. The lowest BCUT2D eigenvalue weighted by Gasteiger charge is -2.32. The lowest BCUT2D eigenvalue weighted by atomic mass is 10.0. The third-order valence-electron chi connectivity index (χ3n) is 3.92. The molecule has 0 radical (unpaired) electrons. The molecule has 0 aromatic heterocycles. The number of hydrogen-bond donors (Lipinski definition) is 2. The molecule has 2 atom stereocenters. The van der Waals surface area contributed by atoms with Gasteiger partial charge in [-0.05, 0) is 32.1 Å². The van der Waals surface area contributed by atoms with Gasteiger partial charge in [0.25, 0.3) is 0 Å². The Morgan fingerprint density at radius 3 is 3.06 bits per heavy atom. The van der Waals surface area contributed by atoms with Crippen LogP contribution in [0.1, 0.15) is 39.5 Å². The third kappa shape index (κ3) is 3.15. The molecule has 5 nitrogen and oxygen atoms in total. The smallest absolute Gasteiger partial charge is 0.220 e. The van der Waals surface area contributed by atoms with Crippen molar-refractivity contribution >= 4 is 11.9 Å². The minimum Gasteiger partial charge on any atom is -0.370 e. The fourth-order valence-corrected chi connectivity index (χ4v) is 2.72. The highest BCUT2D eigenvalue weighted by atomic mass is 16.2. The standard InChI is InChI=1S/C13H24N4O/c1-10-4-3-7-17(8-10)12(14)15-9-13(2)6-5-11(18)16-13/h10H,3-9H2,1-2H3,(H2,14,15)(H,16,18). The zero-order valence-corrected chi connectivity index (χ0v) is 11.4. The fraction of sp³-hybridized carbons (Fsp3) is 0.846. The second kappa shape index (κ2) is 5.16. The summed E-state index contributed by atoms with van der Waals surface area (Å²) in [7, 11) is 0. The van der Waals surface area contributed by atoms with Crippen molar-refractivity contribution in [3.8, 4) is 0 Å². The van der Waals surface area contributed by atoms with Gasteiger partial charge in [-0.15, -0.1) is 0 Å². The van der Waals surface area contributed by atoms with E-state index in [-0.39, 0.29) is 11.4 Å². The Labute approximate surface area is 109 Å². The number of hydrogen-bond acceptors (Lipinski definition) is 2. The van der Waals surface area contributed by atoms with Crippen LogP contribution in [0.3, 0.4) is 0 Å². The number of carbonyl (C=O) groups excluding carboxylic acids is 1. The van der Waals surface area contributed by atoms with Crippen LogP contribution in [0.15, 0.2) is 4.99 Å². The van der Waals surface area contributed by atoms with Crippen LogP contribution in [0.5, 0.6) is 0 Å². The molecule has 2 fully saturated rings. The quantitative estimate of drug-likeness (QED) is 0.561. The molecule has 2 rings (SSSR count). The number of nitrogens with zero attached hydrogens (tertiary/aromatic N) is 2. The van der Waals surface area contributed by atoms with Gasteiger partial charge in [-0.25, -0.2) is 0 Å². The molecule has 0 saturated carbocycles. The van der Waals surface area contributed by atoms with Gasteiger partial charge in [0.1, 0.15) is 0 Å². The Morgan fingerprint density at radius 1 is 1.67 bits per heavy atom. The minimum absolute atomic E-state index is 0.123. The zero-order valence-electron chi connectivity index (χ0n) is 11.4. The van der Waals surface area contributed by atoms with Crippen molar-refractivity contribution in [2.45, 2.75) is 45.1 Å².